The topological polar surface area (TPSA) is 91.4 Å². The molecule has 1 aromatic carbocycles. The summed E-state index contributed by atoms with van der Waals surface area (Å²) in [7, 11) is 0. The Morgan fingerprint density at radius 3 is 2.59 bits per heavy atom. The fraction of sp³-hybridized carbons (Fsp3) is 0.417. The molecule has 32 heavy (non-hydrogen) atoms. The van der Waals surface area contributed by atoms with Crippen LogP contribution in [0.25, 0.3) is 11.0 Å². The Morgan fingerprint density at radius 2 is 1.91 bits per heavy atom. The third-order valence-corrected chi connectivity index (χ3v) is 5.99. The summed E-state index contributed by atoms with van der Waals surface area (Å²) < 4.78 is 5.17. The number of piperidine rings is 1. The quantitative estimate of drug-likeness (QED) is 0.655. The summed E-state index contributed by atoms with van der Waals surface area (Å²) >= 11 is 0. The predicted molar refractivity (Wildman–Crippen MR) is 123 cm³/mol. The smallest absolute Gasteiger partial charge is 0.414 e. The molecule has 3 heterocycles. The molecule has 2 amide bonds. The second kappa shape index (κ2) is 9.38. The summed E-state index contributed by atoms with van der Waals surface area (Å²) in [5, 5.41) is 0. The monoisotopic (exact) mass is 435 g/mol. The van der Waals surface area contributed by atoms with Gasteiger partial charge in [-0.2, -0.15) is 0 Å². The van der Waals surface area contributed by atoms with E-state index in [1.54, 1.807) is 19.1 Å². The van der Waals surface area contributed by atoms with Crippen LogP contribution < -0.4 is 4.90 Å². The van der Waals surface area contributed by atoms with Crippen LogP contribution in [0.4, 0.5) is 10.5 Å². The number of hydrogen-bond acceptors (Lipinski definition) is 5. The number of imidazole rings is 1. The van der Waals surface area contributed by atoms with E-state index >= 15 is 0 Å². The number of carbonyl (C=O) groups is 2. The van der Waals surface area contributed by atoms with Crippen LogP contribution >= 0.6 is 0 Å². The van der Waals surface area contributed by atoms with Crippen LogP contribution in [0.15, 0.2) is 36.5 Å². The second-order valence-electron chi connectivity index (χ2n) is 8.12. The average Bonchev–Trinajstić information content (AvgIpc) is 3.21. The number of hydrogen-bond donors (Lipinski definition) is 1. The third kappa shape index (κ3) is 4.44. The van der Waals surface area contributed by atoms with Crippen molar-refractivity contribution in [3.63, 3.8) is 0 Å². The highest BCUT2D eigenvalue weighted by Gasteiger charge is 2.29. The molecule has 0 radical (unpaired) electrons. The number of aromatic amines is 1. The number of pyridine rings is 1. The van der Waals surface area contributed by atoms with Crippen LogP contribution in [-0.2, 0) is 9.53 Å². The van der Waals surface area contributed by atoms with Crippen molar-refractivity contribution in [3.05, 3.63) is 53.6 Å². The van der Waals surface area contributed by atoms with Crippen LogP contribution in [0.5, 0.6) is 0 Å². The number of rotatable bonds is 5. The summed E-state index contributed by atoms with van der Waals surface area (Å²) in [4.78, 5) is 41.3. The fourth-order valence-corrected chi connectivity index (χ4v) is 4.30. The zero-order valence-corrected chi connectivity index (χ0v) is 18.8. The minimum absolute atomic E-state index is 0.0393. The van der Waals surface area contributed by atoms with Crippen molar-refractivity contribution < 1.29 is 14.3 Å². The van der Waals surface area contributed by atoms with Crippen molar-refractivity contribution in [2.24, 2.45) is 0 Å². The van der Waals surface area contributed by atoms with Gasteiger partial charge in [0.25, 0.3) is 0 Å². The standard InChI is InChI=1S/C24H29N5O3/c1-4-32-24(31)29(19-8-6-5-7-9-19)15-21(30)28-12-10-18(11-13-28)20-14-25-16(2)22-23(20)27-17(3)26-22/h5-9,14,18H,4,10-13,15H2,1-3H3,(H,26,27). The summed E-state index contributed by atoms with van der Waals surface area (Å²) in [6.07, 6.45) is 3.09. The van der Waals surface area contributed by atoms with Gasteiger partial charge in [-0.15, -0.1) is 0 Å². The zero-order chi connectivity index (χ0) is 22.7. The van der Waals surface area contributed by atoms with Gasteiger partial charge in [0, 0.05) is 30.5 Å². The van der Waals surface area contributed by atoms with E-state index in [9.17, 15) is 9.59 Å². The fourth-order valence-electron chi connectivity index (χ4n) is 4.30. The van der Waals surface area contributed by atoms with Crippen LogP contribution in [0.1, 0.15) is 42.8 Å². The number of benzene rings is 1. The summed E-state index contributed by atoms with van der Waals surface area (Å²) in [5.41, 5.74) is 4.71. The van der Waals surface area contributed by atoms with Crippen LogP contribution in [0.2, 0.25) is 0 Å². The summed E-state index contributed by atoms with van der Waals surface area (Å²) in [6.45, 7) is 7.17. The van der Waals surface area contributed by atoms with Gasteiger partial charge in [0.15, 0.2) is 0 Å². The van der Waals surface area contributed by atoms with Gasteiger partial charge >= 0.3 is 6.09 Å². The van der Waals surface area contributed by atoms with Gasteiger partial charge in [0.1, 0.15) is 12.4 Å². The lowest BCUT2D eigenvalue weighted by Gasteiger charge is -2.33. The SMILES string of the molecule is CCOC(=O)N(CC(=O)N1CCC(c2cnc(C)c3[nH]c(C)nc23)CC1)c1ccccc1. The molecule has 0 saturated carbocycles. The molecule has 8 heteroatoms. The van der Waals surface area contributed by atoms with Gasteiger partial charge in [0.2, 0.25) is 5.91 Å². The van der Waals surface area contributed by atoms with Crippen LogP contribution in [0.3, 0.4) is 0 Å². The van der Waals surface area contributed by atoms with Crippen molar-refractivity contribution >= 4 is 28.7 Å². The highest BCUT2D eigenvalue weighted by molar-refractivity contribution is 5.95. The Labute approximate surface area is 187 Å². The number of aromatic nitrogens is 3. The number of para-hydroxylation sites is 1. The molecule has 1 aliphatic heterocycles. The molecule has 1 saturated heterocycles. The Morgan fingerprint density at radius 1 is 1.19 bits per heavy atom. The first-order valence-electron chi connectivity index (χ1n) is 11.1. The minimum atomic E-state index is -0.510. The molecule has 1 N–H and O–H groups in total. The molecular formula is C24H29N5O3. The van der Waals surface area contributed by atoms with E-state index in [2.05, 4.69) is 15.0 Å². The number of anilines is 1. The Bertz CT molecular complexity index is 1100. The number of H-pyrrole nitrogens is 1. The molecule has 0 spiro atoms. The van der Waals surface area contributed by atoms with Crippen molar-refractivity contribution in [3.8, 4) is 0 Å². The normalized spacial score (nSPS) is 14.5. The number of ether oxygens (including phenoxy) is 1. The van der Waals surface area contributed by atoms with Gasteiger partial charge < -0.3 is 14.6 Å². The lowest BCUT2D eigenvalue weighted by molar-refractivity contribution is -0.130. The molecule has 168 valence electrons. The molecule has 3 aromatic rings. The maximum Gasteiger partial charge on any atom is 0.414 e. The third-order valence-electron chi connectivity index (χ3n) is 5.99. The van der Waals surface area contributed by atoms with E-state index < -0.39 is 6.09 Å². The van der Waals surface area contributed by atoms with Gasteiger partial charge in [-0.25, -0.2) is 9.78 Å². The van der Waals surface area contributed by atoms with Crippen molar-refractivity contribution in [2.75, 3.05) is 31.1 Å². The molecule has 1 fully saturated rings. The number of likely N-dealkylation sites (tertiary alicyclic amines) is 1. The summed E-state index contributed by atoms with van der Waals surface area (Å²) in [5.74, 6) is 1.10. The van der Waals surface area contributed by atoms with Gasteiger partial charge in [-0.3, -0.25) is 14.7 Å². The molecule has 0 aliphatic carbocycles. The van der Waals surface area contributed by atoms with Gasteiger partial charge in [0.05, 0.1) is 23.3 Å². The first-order chi connectivity index (χ1) is 15.5. The Hall–Kier alpha value is -3.42. The number of nitrogens with zero attached hydrogens (tertiary/aromatic N) is 4. The number of amides is 2. The second-order valence-corrected chi connectivity index (χ2v) is 8.12. The van der Waals surface area contributed by atoms with E-state index in [0.29, 0.717) is 24.7 Å². The highest BCUT2D eigenvalue weighted by atomic mass is 16.6. The van der Waals surface area contributed by atoms with E-state index in [1.165, 1.54) is 4.90 Å². The molecule has 4 rings (SSSR count). The first kappa shape index (κ1) is 21.8. The average molecular weight is 436 g/mol. The van der Waals surface area contributed by atoms with Gasteiger partial charge in [-0.05, 0) is 51.7 Å². The lowest BCUT2D eigenvalue weighted by atomic mass is 9.89. The number of aryl methyl sites for hydroxylation is 2. The largest absolute Gasteiger partial charge is 0.449 e. The first-order valence-corrected chi connectivity index (χ1v) is 11.1. The summed E-state index contributed by atoms with van der Waals surface area (Å²) in [6, 6.07) is 9.16. The lowest BCUT2D eigenvalue weighted by Crippen LogP contribution is -2.46. The maximum atomic E-state index is 13.0. The number of fused-ring (bicyclic) bond motifs is 1. The van der Waals surface area contributed by atoms with E-state index in [0.717, 1.165) is 41.0 Å². The van der Waals surface area contributed by atoms with Crippen LogP contribution in [0, 0.1) is 13.8 Å². The maximum absolute atomic E-state index is 13.0. The van der Waals surface area contributed by atoms with Gasteiger partial charge in [-0.1, -0.05) is 18.2 Å². The van der Waals surface area contributed by atoms with E-state index in [4.69, 9.17) is 4.74 Å². The van der Waals surface area contributed by atoms with Crippen LogP contribution in [-0.4, -0.2) is 58.1 Å². The van der Waals surface area contributed by atoms with E-state index in [1.807, 2.05) is 43.1 Å². The van der Waals surface area contributed by atoms with Crippen molar-refractivity contribution in [1.82, 2.24) is 19.9 Å². The zero-order valence-electron chi connectivity index (χ0n) is 18.8. The molecule has 0 atom stereocenters. The molecular weight excluding hydrogens is 406 g/mol. The van der Waals surface area contributed by atoms with Crippen molar-refractivity contribution in [1.29, 1.82) is 0 Å². The number of carbonyl (C=O) groups excluding carboxylic acids is 2. The number of nitrogens with one attached hydrogen (secondary N) is 1. The predicted octanol–water partition coefficient (Wildman–Crippen LogP) is 3.94. The van der Waals surface area contributed by atoms with Crippen molar-refractivity contribution in [2.45, 2.75) is 39.5 Å². The molecule has 8 nitrogen and oxygen atoms in total. The molecule has 0 bridgehead atoms. The minimum Gasteiger partial charge on any atom is -0.449 e. The molecule has 2 aromatic heterocycles. The Balaban J connectivity index is 1.44. The Kier molecular flexibility index (Phi) is 6.39. The molecule has 1 aliphatic rings. The highest BCUT2D eigenvalue weighted by Crippen LogP contribution is 2.32. The van der Waals surface area contributed by atoms with E-state index in [-0.39, 0.29) is 19.1 Å². The molecule has 0 unspecified atom stereocenters.